The number of hydrogen-bond donors (Lipinski definition) is 1. The third-order valence-electron chi connectivity index (χ3n) is 3.78. The smallest absolute Gasteiger partial charge is 0.0829 e. The second kappa shape index (κ2) is 7.40. The van der Waals surface area contributed by atoms with Crippen LogP contribution >= 0.6 is 0 Å². The molecule has 5 heteroatoms. The fraction of sp³-hybridized carbons (Fsp3) is 1.00. The fourth-order valence-electron chi connectivity index (χ4n) is 2.74. The highest BCUT2D eigenvalue weighted by atomic mass is 16.5. The van der Waals surface area contributed by atoms with E-state index in [4.69, 9.17) is 14.6 Å². The van der Waals surface area contributed by atoms with Crippen molar-refractivity contribution < 1.29 is 14.6 Å². The lowest BCUT2D eigenvalue weighted by molar-refractivity contribution is -0.0514. The number of likely N-dealkylation sites (tertiary alicyclic amines) is 1. The molecule has 0 amide bonds. The summed E-state index contributed by atoms with van der Waals surface area (Å²) >= 11 is 0. The molecule has 2 fully saturated rings. The maximum absolute atomic E-state index is 8.73. The van der Waals surface area contributed by atoms with Gasteiger partial charge in [-0.3, -0.25) is 0 Å². The van der Waals surface area contributed by atoms with Crippen LogP contribution in [0.2, 0.25) is 0 Å². The van der Waals surface area contributed by atoms with Crippen molar-refractivity contribution in [3.8, 4) is 0 Å². The summed E-state index contributed by atoms with van der Waals surface area (Å²) < 4.78 is 11.4. The molecule has 2 saturated heterocycles. The van der Waals surface area contributed by atoms with Crippen LogP contribution in [-0.4, -0.2) is 86.7 Å². The van der Waals surface area contributed by atoms with Crippen LogP contribution in [0.5, 0.6) is 0 Å². The zero-order chi connectivity index (χ0) is 12.8. The molecule has 2 aliphatic heterocycles. The van der Waals surface area contributed by atoms with E-state index in [0.29, 0.717) is 18.8 Å². The first-order valence-electron chi connectivity index (χ1n) is 7.03. The second-order valence-corrected chi connectivity index (χ2v) is 5.35. The molecular formula is C13H26N2O3. The summed E-state index contributed by atoms with van der Waals surface area (Å²) in [7, 11) is 2.16. The van der Waals surface area contributed by atoms with Crippen molar-refractivity contribution >= 4 is 0 Å². The molecule has 0 aromatic heterocycles. The van der Waals surface area contributed by atoms with Gasteiger partial charge < -0.3 is 24.4 Å². The lowest BCUT2D eigenvalue weighted by Crippen LogP contribution is -2.48. The highest BCUT2D eigenvalue weighted by molar-refractivity contribution is 4.78. The number of piperidine rings is 1. The Kier molecular flexibility index (Phi) is 5.85. The summed E-state index contributed by atoms with van der Waals surface area (Å²) in [6.45, 7) is 6.76. The number of rotatable bonds is 5. The van der Waals surface area contributed by atoms with Crippen molar-refractivity contribution in [1.82, 2.24) is 9.80 Å². The highest BCUT2D eigenvalue weighted by Gasteiger charge is 2.24. The molecule has 1 unspecified atom stereocenters. The van der Waals surface area contributed by atoms with Crippen LogP contribution < -0.4 is 0 Å². The minimum atomic E-state index is 0.127. The first kappa shape index (κ1) is 14.2. The van der Waals surface area contributed by atoms with E-state index in [2.05, 4.69) is 16.8 Å². The SMILES string of the molecule is CN1CCOC(CN2CCC(OCCO)CC2)C1. The van der Waals surface area contributed by atoms with Gasteiger partial charge in [-0.05, 0) is 19.9 Å². The van der Waals surface area contributed by atoms with Gasteiger partial charge in [-0.1, -0.05) is 0 Å². The van der Waals surface area contributed by atoms with Crippen LogP contribution in [0.15, 0.2) is 0 Å². The molecule has 0 spiro atoms. The second-order valence-electron chi connectivity index (χ2n) is 5.35. The standard InChI is InChI=1S/C13H26N2O3/c1-14-6-8-17-13(10-14)11-15-4-2-12(3-5-15)18-9-7-16/h12-13,16H,2-11H2,1H3. The Morgan fingerprint density at radius 3 is 2.72 bits per heavy atom. The van der Waals surface area contributed by atoms with E-state index in [9.17, 15) is 0 Å². The molecule has 2 heterocycles. The van der Waals surface area contributed by atoms with Gasteiger partial charge in [-0.25, -0.2) is 0 Å². The van der Waals surface area contributed by atoms with E-state index < -0.39 is 0 Å². The molecule has 0 aromatic rings. The summed E-state index contributed by atoms with van der Waals surface area (Å²) in [6, 6.07) is 0. The quantitative estimate of drug-likeness (QED) is 0.739. The van der Waals surface area contributed by atoms with Gasteiger partial charge in [0, 0.05) is 32.7 Å². The van der Waals surface area contributed by atoms with Gasteiger partial charge in [0.2, 0.25) is 0 Å². The highest BCUT2D eigenvalue weighted by Crippen LogP contribution is 2.15. The molecule has 0 saturated carbocycles. The zero-order valence-electron chi connectivity index (χ0n) is 11.4. The molecule has 1 atom stereocenters. The normalized spacial score (nSPS) is 28.7. The summed E-state index contributed by atoms with van der Waals surface area (Å²) in [5.74, 6) is 0. The lowest BCUT2D eigenvalue weighted by atomic mass is 10.1. The Balaban J connectivity index is 1.63. The van der Waals surface area contributed by atoms with Gasteiger partial charge in [-0.2, -0.15) is 0 Å². The molecule has 18 heavy (non-hydrogen) atoms. The van der Waals surface area contributed by atoms with E-state index in [-0.39, 0.29) is 6.61 Å². The third-order valence-corrected chi connectivity index (χ3v) is 3.78. The van der Waals surface area contributed by atoms with E-state index in [0.717, 1.165) is 52.2 Å². The number of likely N-dealkylation sites (N-methyl/N-ethyl adjacent to an activating group) is 1. The topological polar surface area (TPSA) is 45.2 Å². The van der Waals surface area contributed by atoms with E-state index in [1.165, 1.54) is 0 Å². The zero-order valence-corrected chi connectivity index (χ0v) is 11.4. The predicted octanol–water partition coefficient (Wildman–Crippen LogP) is -0.210. The number of ether oxygens (including phenoxy) is 2. The molecule has 0 aliphatic carbocycles. The van der Waals surface area contributed by atoms with Crippen LogP contribution in [-0.2, 0) is 9.47 Å². The van der Waals surface area contributed by atoms with Gasteiger partial charge in [0.1, 0.15) is 0 Å². The molecule has 0 aromatic carbocycles. The number of aliphatic hydroxyl groups excluding tert-OH is 1. The molecule has 2 rings (SSSR count). The fourth-order valence-corrected chi connectivity index (χ4v) is 2.74. The molecule has 0 bridgehead atoms. The monoisotopic (exact) mass is 258 g/mol. The predicted molar refractivity (Wildman–Crippen MR) is 69.7 cm³/mol. The van der Waals surface area contributed by atoms with Crippen molar-refractivity contribution in [3.63, 3.8) is 0 Å². The first-order valence-corrected chi connectivity index (χ1v) is 7.03. The van der Waals surface area contributed by atoms with Crippen LogP contribution in [0.4, 0.5) is 0 Å². The van der Waals surface area contributed by atoms with Crippen molar-refractivity contribution in [2.75, 3.05) is 59.6 Å². The number of morpholine rings is 1. The van der Waals surface area contributed by atoms with Gasteiger partial charge in [0.15, 0.2) is 0 Å². The van der Waals surface area contributed by atoms with Crippen LogP contribution in [0.25, 0.3) is 0 Å². The summed E-state index contributed by atoms with van der Waals surface area (Å²) in [6.07, 6.45) is 2.84. The summed E-state index contributed by atoms with van der Waals surface area (Å²) in [4.78, 5) is 4.81. The van der Waals surface area contributed by atoms with Gasteiger partial charge >= 0.3 is 0 Å². The number of hydrogen-bond acceptors (Lipinski definition) is 5. The first-order chi connectivity index (χ1) is 8.78. The van der Waals surface area contributed by atoms with Gasteiger partial charge in [-0.15, -0.1) is 0 Å². The Labute approximate surface area is 110 Å². The maximum atomic E-state index is 8.73. The van der Waals surface area contributed by atoms with E-state index in [1.807, 2.05) is 0 Å². The van der Waals surface area contributed by atoms with Crippen molar-refractivity contribution in [2.24, 2.45) is 0 Å². The lowest BCUT2D eigenvalue weighted by Gasteiger charge is -2.37. The summed E-state index contributed by atoms with van der Waals surface area (Å²) in [5.41, 5.74) is 0. The van der Waals surface area contributed by atoms with E-state index >= 15 is 0 Å². The molecule has 2 aliphatic rings. The van der Waals surface area contributed by atoms with Crippen LogP contribution in [0, 0.1) is 0 Å². The average Bonchev–Trinajstić information content (AvgIpc) is 2.38. The molecule has 5 nitrogen and oxygen atoms in total. The Morgan fingerprint density at radius 1 is 1.28 bits per heavy atom. The van der Waals surface area contributed by atoms with E-state index in [1.54, 1.807) is 0 Å². The van der Waals surface area contributed by atoms with Crippen molar-refractivity contribution in [1.29, 1.82) is 0 Å². The van der Waals surface area contributed by atoms with Crippen LogP contribution in [0.1, 0.15) is 12.8 Å². The van der Waals surface area contributed by atoms with Crippen molar-refractivity contribution in [2.45, 2.75) is 25.0 Å². The van der Waals surface area contributed by atoms with Gasteiger partial charge in [0.05, 0.1) is 32.0 Å². The molecule has 1 N–H and O–H groups in total. The van der Waals surface area contributed by atoms with Crippen molar-refractivity contribution in [3.05, 3.63) is 0 Å². The average molecular weight is 258 g/mol. The number of nitrogens with zero attached hydrogens (tertiary/aromatic N) is 2. The summed E-state index contributed by atoms with van der Waals surface area (Å²) in [5, 5.41) is 8.73. The Morgan fingerprint density at radius 2 is 2.06 bits per heavy atom. The van der Waals surface area contributed by atoms with Gasteiger partial charge in [0.25, 0.3) is 0 Å². The maximum Gasteiger partial charge on any atom is 0.0829 e. The molecule has 106 valence electrons. The minimum Gasteiger partial charge on any atom is -0.394 e. The van der Waals surface area contributed by atoms with Crippen LogP contribution in [0.3, 0.4) is 0 Å². The molecular weight excluding hydrogens is 232 g/mol. The minimum absolute atomic E-state index is 0.127. The largest absolute Gasteiger partial charge is 0.394 e. The Hall–Kier alpha value is -0.200. The third kappa shape index (κ3) is 4.48. The Bertz CT molecular complexity index is 232. The molecule has 0 radical (unpaired) electrons. The number of aliphatic hydroxyl groups is 1.